The molecule has 21 heavy (non-hydrogen) atoms. The predicted octanol–water partition coefficient (Wildman–Crippen LogP) is 1.97. The average molecular weight is 307 g/mol. The molecule has 1 aliphatic rings. The first kappa shape index (κ1) is 13.6. The second-order valence-electron chi connectivity index (χ2n) is 5.12. The van der Waals surface area contributed by atoms with Crippen LogP contribution in [0.4, 0.5) is 5.69 Å². The van der Waals surface area contributed by atoms with Crippen molar-refractivity contribution in [3.63, 3.8) is 0 Å². The molecule has 3 rings (SSSR count). The summed E-state index contributed by atoms with van der Waals surface area (Å²) in [7, 11) is 5.13. The highest BCUT2D eigenvalue weighted by molar-refractivity contribution is 6.56. The average Bonchev–Trinajstić information content (AvgIpc) is 2.65. The Morgan fingerprint density at radius 2 is 1.90 bits per heavy atom. The largest absolute Gasteiger partial charge is 0.478 e. The van der Waals surface area contributed by atoms with E-state index in [0.29, 0.717) is 16.6 Å². The van der Waals surface area contributed by atoms with Crippen LogP contribution < -0.4 is 4.90 Å². The maximum absolute atomic E-state index is 12.3. The topological polar surface area (TPSA) is 79.6 Å². The van der Waals surface area contributed by atoms with Crippen molar-refractivity contribution >= 4 is 45.7 Å². The number of aromatic nitrogens is 1. The van der Waals surface area contributed by atoms with Crippen molar-refractivity contribution in [2.75, 3.05) is 19.0 Å². The van der Waals surface area contributed by atoms with Gasteiger partial charge >= 0.3 is 5.97 Å². The number of carboxylic acids is 1. The Labute approximate surface area is 124 Å². The van der Waals surface area contributed by atoms with Gasteiger partial charge in [0.05, 0.1) is 27.4 Å². The van der Waals surface area contributed by atoms with E-state index in [1.165, 1.54) is 6.07 Å². The van der Waals surface area contributed by atoms with Gasteiger partial charge in [0.15, 0.2) is 0 Å². The Morgan fingerprint density at radius 1 is 1.29 bits per heavy atom. The van der Waals surface area contributed by atoms with E-state index in [1.54, 1.807) is 30.6 Å². The van der Waals surface area contributed by atoms with Gasteiger partial charge in [-0.2, -0.15) is 0 Å². The van der Waals surface area contributed by atoms with E-state index in [-0.39, 0.29) is 21.8 Å². The van der Waals surface area contributed by atoms with Gasteiger partial charge in [-0.1, -0.05) is 11.6 Å². The van der Waals surface area contributed by atoms with Gasteiger partial charge < -0.3 is 14.6 Å². The van der Waals surface area contributed by atoms with Crippen molar-refractivity contribution in [1.29, 1.82) is 0 Å². The van der Waals surface area contributed by atoms with Crippen LogP contribution in [-0.4, -0.2) is 41.3 Å². The first-order valence-electron chi connectivity index (χ1n) is 6.11. The maximum atomic E-state index is 12.3. The molecule has 2 bridgehead atoms. The fourth-order valence-electron chi connectivity index (χ4n) is 2.89. The summed E-state index contributed by atoms with van der Waals surface area (Å²) >= 11 is 6.01. The molecule has 1 N–H and O–H groups in total. The number of nitrogens with zero attached hydrogens (tertiary/aromatic N) is 2. The lowest BCUT2D eigenvalue weighted by atomic mass is 9.91. The van der Waals surface area contributed by atoms with Gasteiger partial charge in [0.2, 0.25) is 5.78 Å². The van der Waals surface area contributed by atoms with Crippen LogP contribution in [0.1, 0.15) is 31.2 Å². The molecule has 1 heterocycles. The van der Waals surface area contributed by atoms with Crippen LogP contribution >= 0.6 is 11.6 Å². The Morgan fingerprint density at radius 3 is 2.43 bits per heavy atom. The highest BCUT2D eigenvalue weighted by Crippen LogP contribution is 2.43. The zero-order valence-corrected chi connectivity index (χ0v) is 12.3. The highest BCUT2D eigenvalue weighted by atomic mass is 35.5. The summed E-state index contributed by atoms with van der Waals surface area (Å²) in [5.74, 6) is -2.86. The van der Waals surface area contributed by atoms with Crippen LogP contribution in [-0.2, 0) is 7.05 Å². The van der Waals surface area contributed by atoms with Crippen molar-refractivity contribution in [3.05, 3.63) is 27.9 Å². The first-order valence-corrected chi connectivity index (χ1v) is 6.49. The molecule has 0 aliphatic heterocycles. The van der Waals surface area contributed by atoms with Crippen molar-refractivity contribution in [3.8, 4) is 0 Å². The number of hydrogen-bond donors (Lipinski definition) is 1. The molecule has 2 aromatic rings. The Hall–Kier alpha value is -2.34. The van der Waals surface area contributed by atoms with Crippen LogP contribution in [0.2, 0.25) is 5.02 Å². The number of Topliss-reactive ketones (excluding diaryl/α,β-unsaturated/α-hetero) is 2. The summed E-state index contributed by atoms with van der Waals surface area (Å²) in [6, 6.07) is 1.48. The van der Waals surface area contributed by atoms with Crippen molar-refractivity contribution in [2.24, 2.45) is 7.05 Å². The second kappa shape index (κ2) is 4.08. The number of carbonyl (C=O) groups excluding carboxylic acids is 2. The lowest BCUT2D eigenvalue weighted by Gasteiger charge is -2.19. The van der Waals surface area contributed by atoms with Crippen LogP contribution in [0.25, 0.3) is 10.9 Å². The third-order valence-corrected chi connectivity index (χ3v) is 4.02. The summed E-state index contributed by atoms with van der Waals surface area (Å²) in [4.78, 5) is 37.8. The lowest BCUT2D eigenvalue weighted by Crippen LogP contribution is -2.26. The molecule has 6 nitrogen and oxygen atoms in total. The summed E-state index contributed by atoms with van der Waals surface area (Å²) in [6.07, 6.45) is 0. The molecule has 0 saturated carbocycles. The van der Waals surface area contributed by atoms with Gasteiger partial charge in [-0.15, -0.1) is 0 Å². The molecule has 0 atom stereocenters. The van der Waals surface area contributed by atoms with Crippen LogP contribution in [0.15, 0.2) is 6.07 Å². The van der Waals surface area contributed by atoms with Crippen molar-refractivity contribution in [1.82, 2.24) is 4.57 Å². The molecule has 1 aliphatic carbocycles. The Kier molecular flexibility index (Phi) is 2.65. The van der Waals surface area contributed by atoms with Gasteiger partial charge in [-0.05, 0) is 6.07 Å². The summed E-state index contributed by atoms with van der Waals surface area (Å²) in [5, 5.41) is 9.74. The fraction of sp³-hybridized carbons (Fsp3) is 0.214. The molecule has 0 radical (unpaired) electrons. The first-order chi connectivity index (χ1) is 9.77. The van der Waals surface area contributed by atoms with Crippen LogP contribution in [0.3, 0.4) is 0 Å². The Bertz CT molecular complexity index is 864. The molecule has 7 heteroatoms. The number of halogens is 1. The third kappa shape index (κ3) is 1.50. The summed E-state index contributed by atoms with van der Waals surface area (Å²) < 4.78 is 1.58. The van der Waals surface area contributed by atoms with Gasteiger partial charge in [0.1, 0.15) is 5.69 Å². The number of ketones is 2. The number of aromatic carboxylic acids is 1. The highest BCUT2D eigenvalue weighted by Gasteiger charge is 2.39. The zero-order valence-electron chi connectivity index (χ0n) is 11.5. The monoisotopic (exact) mass is 306 g/mol. The van der Waals surface area contributed by atoms with Gasteiger partial charge in [-0.3, -0.25) is 9.59 Å². The van der Waals surface area contributed by atoms with Gasteiger partial charge in [0, 0.05) is 26.5 Å². The minimum absolute atomic E-state index is 0.0505. The third-order valence-electron chi connectivity index (χ3n) is 3.73. The maximum Gasteiger partial charge on any atom is 0.337 e. The van der Waals surface area contributed by atoms with Crippen LogP contribution in [0.5, 0.6) is 0 Å². The standard InChI is InChI=1S/C14H11ClN2O4/c1-16(2)10-8-6-4-5(15)7(14(20)21)9(8)12(18)13(19)11(10)17(6)3/h4H,1-3H3,(H,20,21). The van der Waals surface area contributed by atoms with Gasteiger partial charge in [0.25, 0.3) is 5.78 Å². The molecular formula is C14H11ClN2O4. The quantitative estimate of drug-likeness (QED) is 0.858. The van der Waals surface area contributed by atoms with E-state index >= 15 is 0 Å². The smallest absolute Gasteiger partial charge is 0.337 e. The predicted molar refractivity (Wildman–Crippen MR) is 77.9 cm³/mol. The number of aryl methyl sites for hydroxylation is 1. The molecule has 0 amide bonds. The van der Waals surface area contributed by atoms with E-state index in [2.05, 4.69) is 0 Å². The molecule has 1 aromatic heterocycles. The molecule has 0 saturated heterocycles. The molecule has 0 fully saturated rings. The number of carbonyl (C=O) groups is 3. The molecule has 1 aromatic carbocycles. The van der Waals surface area contributed by atoms with Gasteiger partial charge in [-0.25, -0.2) is 4.79 Å². The SMILES string of the molecule is CN(C)c1c2n(C)c3cc(Cl)c(C(=O)O)c(c13)C(=O)C2=O. The number of anilines is 1. The minimum atomic E-state index is -1.32. The Balaban J connectivity index is 2.66. The fourth-order valence-corrected chi connectivity index (χ4v) is 3.17. The van der Waals surface area contributed by atoms with Crippen LogP contribution in [0, 0.1) is 0 Å². The number of carboxylic acid groups (broad SMARTS) is 1. The van der Waals surface area contributed by atoms with Crippen molar-refractivity contribution in [2.45, 2.75) is 0 Å². The molecule has 0 unspecified atom stereocenters. The normalized spacial score (nSPS) is 13.3. The number of benzene rings is 1. The van der Waals surface area contributed by atoms with E-state index in [9.17, 15) is 19.5 Å². The van der Waals surface area contributed by atoms with E-state index in [1.807, 2.05) is 0 Å². The molecule has 108 valence electrons. The number of rotatable bonds is 2. The summed E-state index contributed by atoms with van der Waals surface area (Å²) in [5.41, 5.74) is 0.935. The van der Waals surface area contributed by atoms with Crippen molar-refractivity contribution < 1.29 is 19.5 Å². The lowest BCUT2D eigenvalue weighted by molar-refractivity contribution is 0.0691. The number of hydrogen-bond acceptors (Lipinski definition) is 4. The zero-order chi connectivity index (χ0) is 15.6. The van der Waals surface area contributed by atoms with E-state index < -0.39 is 17.5 Å². The minimum Gasteiger partial charge on any atom is -0.478 e. The second-order valence-corrected chi connectivity index (χ2v) is 5.52. The molecular weight excluding hydrogens is 296 g/mol. The summed E-state index contributed by atoms with van der Waals surface area (Å²) in [6.45, 7) is 0. The molecule has 0 spiro atoms. The van der Waals surface area contributed by atoms with E-state index in [0.717, 1.165) is 0 Å². The number of fused-ring (bicyclic) bond motifs is 1. The van der Waals surface area contributed by atoms with E-state index in [4.69, 9.17) is 11.6 Å².